The van der Waals surface area contributed by atoms with Crippen molar-refractivity contribution in [1.82, 2.24) is 60.8 Å². The average molecular weight is 1800 g/mol. The molecule has 12 rings (SSSR count). The summed E-state index contributed by atoms with van der Waals surface area (Å²) < 4.78 is 255. The Hall–Kier alpha value is -11.3. The summed E-state index contributed by atoms with van der Waals surface area (Å²) >= 11 is 0. The molecule has 128 heavy (non-hydrogen) atoms. The molecule has 16 atom stereocenters. The molecule has 28 nitrogen and oxygen atoms in total. The van der Waals surface area contributed by atoms with E-state index >= 15 is 17.6 Å². The summed E-state index contributed by atoms with van der Waals surface area (Å²) in [6.45, 7) is 4.79. The summed E-state index contributed by atoms with van der Waals surface area (Å²) in [5, 5.41) is 9.91. The standard InChI is InChI=1S/2C48H62F2N6O8/c2*1-9-25(4)46(60)54-40(11-3)48(62)56-24-35(64-28(7)58)20-33(56)22-39-37-15-13-31(50)18-42(37)53-45(39)44-38(36-14-12-30(49)17-41(36)52-44)21-32-19-34(63-27(6)57)23-55(32)47(61)29(10-2)16-43(59)26(5)51-8/h2*12-15,17-18,25-26,29,32-35,40,51-53H,9-11,16,19-24H2,1-8H3,(H,54,60)/t2*25-,26+,29-,32+,33+,34+,35+,40+/m11/s1/i2*1D3,8D3,21D2,22D2. The molecule has 4 aliphatic rings. The molecule has 0 radical (unpaired) electrons. The van der Waals surface area contributed by atoms with Gasteiger partial charge in [0.1, 0.15) is 71.3 Å². The number of nitrogens with one attached hydrogen (secondary N) is 8. The van der Waals surface area contributed by atoms with Crippen LogP contribution in [0.25, 0.3) is 66.4 Å². The molecule has 32 heteroatoms. The molecule has 6 amide bonds. The number of likely N-dealkylation sites (tertiary alicyclic amines) is 4. The molecule has 0 saturated carbocycles. The maximum absolute atomic E-state index is 15.2. The number of hydrogen-bond acceptors (Lipinski definition) is 18. The number of H-pyrrole nitrogens is 4. The number of likely N-dealkylation sites (N-methyl/N-ethyl adjacent to an activating group) is 2. The van der Waals surface area contributed by atoms with Crippen LogP contribution in [0.1, 0.15) is 224 Å². The number of rotatable bonds is 36. The van der Waals surface area contributed by atoms with Crippen LogP contribution in [0.5, 0.6) is 0 Å². The van der Waals surface area contributed by atoms with Gasteiger partial charge in [0.25, 0.3) is 0 Å². The lowest BCUT2D eigenvalue weighted by Crippen LogP contribution is -2.51. The predicted molar refractivity (Wildman–Crippen MR) is 476 cm³/mol. The van der Waals surface area contributed by atoms with Crippen molar-refractivity contribution < 1.29 is 121 Å². The number of aromatic nitrogens is 4. The zero-order valence-electron chi connectivity index (χ0n) is 93.3. The Bertz CT molecular complexity index is 5600. The first-order valence-electron chi connectivity index (χ1n) is 52.9. The van der Waals surface area contributed by atoms with E-state index in [-0.39, 0.29) is 166 Å². The number of halogens is 4. The van der Waals surface area contributed by atoms with Gasteiger partial charge in [-0.15, -0.1) is 0 Å². The van der Waals surface area contributed by atoms with Gasteiger partial charge in [0.05, 0.1) is 61.0 Å². The number of nitrogens with zero attached hydrogens (tertiary/aromatic N) is 4. The minimum atomic E-state index is -2.75. The third-order valence-corrected chi connectivity index (χ3v) is 23.8. The number of carbonyl (C=O) groups is 12. The van der Waals surface area contributed by atoms with Crippen LogP contribution in [0.15, 0.2) is 72.8 Å². The van der Waals surface area contributed by atoms with E-state index < -0.39 is 269 Å². The molecule has 8 N–H and O–H groups in total. The van der Waals surface area contributed by atoms with Gasteiger partial charge < -0.3 is 79.8 Å². The second-order valence-electron chi connectivity index (χ2n) is 33.2. The Kier molecular flexibility index (Phi) is 24.3. The van der Waals surface area contributed by atoms with Gasteiger partial charge in [0.2, 0.25) is 35.4 Å². The lowest BCUT2D eigenvalue weighted by molar-refractivity contribution is -0.147. The summed E-state index contributed by atoms with van der Waals surface area (Å²) in [6, 6.07) is 2.65. The van der Waals surface area contributed by atoms with E-state index in [1.54, 1.807) is 27.7 Å². The highest BCUT2D eigenvalue weighted by Crippen LogP contribution is 2.44. The van der Waals surface area contributed by atoms with E-state index in [0.29, 0.717) is 0 Å². The van der Waals surface area contributed by atoms with Gasteiger partial charge in [-0.25, -0.2) is 17.6 Å². The van der Waals surface area contributed by atoms with E-state index in [1.807, 2.05) is 0 Å². The number of amides is 6. The largest absolute Gasteiger partial charge is 0.461 e. The number of ketones is 2. The second kappa shape index (κ2) is 42.8. The third kappa shape index (κ3) is 22.5. The Balaban J connectivity index is 0.000000281. The first-order valence-corrected chi connectivity index (χ1v) is 42.9. The quantitative estimate of drug-likeness (QED) is 0.0103. The van der Waals surface area contributed by atoms with E-state index in [4.69, 9.17) is 35.4 Å². The van der Waals surface area contributed by atoms with Crippen molar-refractivity contribution in [2.24, 2.45) is 23.7 Å². The van der Waals surface area contributed by atoms with Crippen molar-refractivity contribution in [3.8, 4) is 22.8 Å². The highest BCUT2D eigenvalue weighted by molar-refractivity contribution is 6.00. The molecular weight excluding hydrogens is 1650 g/mol. The minimum absolute atomic E-state index is 0.00910. The van der Waals surface area contributed by atoms with E-state index in [9.17, 15) is 68.5 Å². The average Bonchev–Trinajstić information content (AvgIpc) is 1.55. The van der Waals surface area contributed by atoms with Crippen molar-refractivity contribution >= 4 is 114 Å². The second-order valence-corrected chi connectivity index (χ2v) is 33.2. The van der Waals surface area contributed by atoms with Crippen LogP contribution in [-0.2, 0) is 102 Å². The summed E-state index contributed by atoms with van der Waals surface area (Å²) in [5.41, 5.74) is -1.66. The van der Waals surface area contributed by atoms with E-state index in [1.165, 1.54) is 52.0 Å². The van der Waals surface area contributed by atoms with Crippen LogP contribution in [0.3, 0.4) is 0 Å². The molecule has 8 heterocycles. The number of Topliss-reactive ketones (excluding diaryl/α,β-unsaturated/α-hetero) is 2. The summed E-state index contributed by atoms with van der Waals surface area (Å²) in [6.07, 6.45) is -18.2. The van der Waals surface area contributed by atoms with Gasteiger partial charge in [-0.2, -0.15) is 0 Å². The molecule has 4 saturated heterocycles. The van der Waals surface area contributed by atoms with Gasteiger partial charge in [-0.3, -0.25) is 57.5 Å². The maximum Gasteiger partial charge on any atom is 0.302 e. The number of fused-ring (bicyclic) bond motifs is 4. The summed E-state index contributed by atoms with van der Waals surface area (Å²) in [7, 11) is 0. The first kappa shape index (κ1) is 72.6. The van der Waals surface area contributed by atoms with Gasteiger partial charge >= 0.3 is 23.9 Å². The first-order chi connectivity index (χ1) is 68.5. The van der Waals surface area contributed by atoms with E-state index in [2.05, 4.69) is 41.2 Å². The number of esters is 4. The van der Waals surface area contributed by atoms with Crippen LogP contribution in [0, 0.1) is 46.9 Å². The topological polar surface area (TPSA) is 366 Å². The van der Waals surface area contributed by atoms with Crippen molar-refractivity contribution in [2.45, 2.75) is 272 Å². The number of aromatic amines is 4. The summed E-state index contributed by atoms with van der Waals surface area (Å²) in [4.78, 5) is 178. The fourth-order valence-electron chi connectivity index (χ4n) is 16.9. The molecule has 4 aliphatic heterocycles. The minimum Gasteiger partial charge on any atom is -0.461 e. The molecule has 4 aromatic heterocycles. The van der Waals surface area contributed by atoms with Gasteiger partial charge in [0.15, 0.2) is 0 Å². The maximum atomic E-state index is 15.2. The molecule has 0 unspecified atom stereocenters. The fraction of sp³-hybridized carbons (Fsp3) is 0.542. The van der Waals surface area contributed by atoms with Crippen molar-refractivity contribution in [3.05, 3.63) is 118 Å². The number of ether oxygens (including phenoxy) is 4. The fourth-order valence-corrected chi connectivity index (χ4v) is 16.9. The normalized spacial score (nSPS) is 23.8. The Labute approximate surface area is 771 Å². The van der Waals surface area contributed by atoms with Gasteiger partial charge in [-0.05, 0) is 187 Å². The highest BCUT2D eigenvalue weighted by atomic mass is 19.1. The SMILES string of the molecule is [2H]C([2H])([2H])C[C@@H](C)C(=O)N[C@@H](CC)C(=O)N1C[C@@H](OC(C)=O)C[C@H]1C([2H])([2H])c1c(-c2[nH]c3cc(F)ccc3c2C([2H])([2H])[C@@H]2C[C@H](OC(C)=O)CN2C(=O)[C@H](CC)CC(=O)[C@H](C)NC([2H])([2H])[2H])[nH]c2cc(F)ccc12.[2H]C([2H])([2H])C[C@@H](C)C(=O)N[C@@H](CC)C(=O)N1C[C@@H](OC(C)=O)C[C@H]1C([2H])([2H])c1c(-c2[nH]c3cc(F)ccc3c2C([2H])([2H])[C@@H]2C[C@H](OC(C)=O)CN2C(=O)[C@H](CC)CC(=O)[C@H](C)NC([2H])([2H])[2H])[nH]c2cc(F)ccc12. The van der Waals surface area contributed by atoms with Crippen LogP contribution >= 0.6 is 0 Å². The number of benzene rings is 4. The van der Waals surface area contributed by atoms with Gasteiger partial charge in [0, 0.05) is 185 Å². The van der Waals surface area contributed by atoms with Crippen molar-refractivity contribution in [3.63, 3.8) is 0 Å². The van der Waals surface area contributed by atoms with Crippen LogP contribution in [-0.4, -0.2) is 223 Å². The third-order valence-electron chi connectivity index (χ3n) is 23.8. The molecule has 8 aromatic rings. The van der Waals surface area contributed by atoms with Crippen LogP contribution in [0.4, 0.5) is 17.6 Å². The molecule has 0 bridgehead atoms. The van der Waals surface area contributed by atoms with Crippen molar-refractivity contribution in [1.29, 1.82) is 0 Å². The number of carbonyl (C=O) groups excluding carboxylic acids is 12. The molecule has 4 aromatic carbocycles. The van der Waals surface area contributed by atoms with Crippen LogP contribution in [0.2, 0.25) is 0 Å². The molecule has 0 spiro atoms. The Morgan fingerprint density at radius 3 is 0.883 bits per heavy atom. The zero-order chi connectivity index (χ0) is 110. The molecule has 0 aliphatic carbocycles. The predicted octanol–water partition coefficient (Wildman–Crippen LogP) is 12.6. The summed E-state index contributed by atoms with van der Waals surface area (Å²) in [5.74, 6) is -15.9. The zero-order valence-corrected chi connectivity index (χ0v) is 73.3. The lowest BCUT2D eigenvalue weighted by Gasteiger charge is -2.29. The number of hydrogen-bond donors (Lipinski definition) is 8. The molecule has 4 fully saturated rings. The molecular formula is C96H124F4N12O16. The Morgan fingerprint density at radius 1 is 0.398 bits per heavy atom. The molecule has 692 valence electrons. The smallest absolute Gasteiger partial charge is 0.302 e. The van der Waals surface area contributed by atoms with Crippen LogP contribution < -0.4 is 21.3 Å². The Morgan fingerprint density at radius 2 is 0.656 bits per heavy atom. The van der Waals surface area contributed by atoms with E-state index in [0.717, 1.165) is 95.8 Å². The van der Waals surface area contributed by atoms with Gasteiger partial charge in [-0.1, -0.05) is 55.2 Å². The monoisotopic (exact) mass is 1800 g/mol. The highest BCUT2D eigenvalue weighted by Gasteiger charge is 2.47. The van der Waals surface area contributed by atoms with Crippen molar-refractivity contribution in [2.75, 3.05) is 40.1 Å². The lowest BCUT2D eigenvalue weighted by atomic mass is 9.93.